The molecule has 8 heteroatoms. The summed E-state index contributed by atoms with van der Waals surface area (Å²) in [5.41, 5.74) is 3.03. The molecule has 0 spiro atoms. The number of imidazole rings is 1. The Morgan fingerprint density at radius 1 is 1.28 bits per heavy atom. The van der Waals surface area contributed by atoms with Crippen LogP contribution in [0, 0.1) is 0 Å². The van der Waals surface area contributed by atoms with Crippen molar-refractivity contribution in [3.63, 3.8) is 0 Å². The fraction of sp³-hybridized carbons (Fsp3) is 0.118. The summed E-state index contributed by atoms with van der Waals surface area (Å²) in [5, 5.41) is 12.0. The Balaban J connectivity index is 1.54. The number of nitrogens with zero attached hydrogens (tertiary/aromatic N) is 4. The summed E-state index contributed by atoms with van der Waals surface area (Å²) in [7, 11) is 0. The number of carbonyl (C=O) groups is 1. The van der Waals surface area contributed by atoms with Crippen LogP contribution in [0.25, 0.3) is 21.9 Å². The number of hydrogen-bond acceptors (Lipinski definition) is 5. The third-order valence-corrected chi connectivity index (χ3v) is 3.98. The largest absolute Gasteiger partial charge is 0.350 e. The summed E-state index contributed by atoms with van der Waals surface area (Å²) < 4.78 is 0. The summed E-state index contributed by atoms with van der Waals surface area (Å²) in [6, 6.07) is 9.03. The van der Waals surface area contributed by atoms with E-state index in [1.165, 1.54) is 0 Å². The van der Waals surface area contributed by atoms with Gasteiger partial charge in [-0.3, -0.25) is 9.78 Å². The van der Waals surface area contributed by atoms with E-state index in [0.29, 0.717) is 23.1 Å². The van der Waals surface area contributed by atoms with Crippen molar-refractivity contribution in [2.24, 2.45) is 0 Å². The number of carbonyl (C=O) groups excluding carboxylic acids is 1. The van der Waals surface area contributed by atoms with E-state index in [0.717, 1.165) is 21.9 Å². The van der Waals surface area contributed by atoms with Crippen LogP contribution in [0.4, 0.5) is 0 Å². The van der Waals surface area contributed by atoms with Gasteiger partial charge in [0.2, 0.25) is 5.91 Å². The summed E-state index contributed by atoms with van der Waals surface area (Å²) in [6.07, 6.45) is 3.43. The summed E-state index contributed by atoms with van der Waals surface area (Å²) in [6.45, 7) is 0.326. The molecule has 0 aliphatic rings. The Hall–Kier alpha value is -3.06. The van der Waals surface area contributed by atoms with Crippen LogP contribution in [0.15, 0.2) is 42.7 Å². The topological polar surface area (TPSA) is 96.5 Å². The van der Waals surface area contributed by atoms with Crippen LogP contribution < -0.4 is 5.32 Å². The minimum absolute atomic E-state index is 0.136. The molecule has 0 atom stereocenters. The molecule has 0 unspecified atom stereocenters. The van der Waals surface area contributed by atoms with Crippen LogP contribution in [-0.2, 0) is 17.8 Å². The fourth-order valence-corrected chi connectivity index (χ4v) is 2.77. The lowest BCUT2D eigenvalue weighted by atomic mass is 10.2. The average molecular weight is 353 g/mol. The van der Waals surface area contributed by atoms with E-state index in [-0.39, 0.29) is 12.3 Å². The van der Waals surface area contributed by atoms with Gasteiger partial charge in [-0.1, -0.05) is 11.6 Å². The second-order valence-electron chi connectivity index (χ2n) is 5.53. The van der Waals surface area contributed by atoms with Gasteiger partial charge in [0.15, 0.2) is 0 Å². The highest BCUT2D eigenvalue weighted by molar-refractivity contribution is 6.31. The summed E-state index contributed by atoms with van der Waals surface area (Å²) in [4.78, 5) is 24.2. The molecule has 7 nitrogen and oxygen atoms in total. The fourth-order valence-electron chi connectivity index (χ4n) is 2.60. The van der Waals surface area contributed by atoms with Gasteiger partial charge in [0, 0.05) is 16.6 Å². The predicted molar refractivity (Wildman–Crippen MR) is 94.0 cm³/mol. The molecular weight excluding hydrogens is 340 g/mol. The van der Waals surface area contributed by atoms with Crippen molar-refractivity contribution >= 4 is 39.4 Å². The van der Waals surface area contributed by atoms with Gasteiger partial charge in [-0.15, -0.1) is 0 Å². The molecule has 4 aromatic rings. The van der Waals surface area contributed by atoms with Crippen LogP contribution in [0.2, 0.25) is 5.02 Å². The average Bonchev–Trinajstić information content (AvgIpc) is 3.04. The van der Waals surface area contributed by atoms with Gasteiger partial charge in [-0.25, -0.2) is 4.98 Å². The lowest BCUT2D eigenvalue weighted by Crippen LogP contribution is -2.25. The molecule has 0 saturated heterocycles. The molecule has 1 aromatic carbocycles. The Labute approximate surface area is 147 Å². The Kier molecular flexibility index (Phi) is 3.99. The van der Waals surface area contributed by atoms with Crippen molar-refractivity contribution in [1.82, 2.24) is 30.5 Å². The smallest absolute Gasteiger partial charge is 0.227 e. The standard InChI is InChI=1S/C17H13ClN6O/c18-10-3-4-13-12(6-10)17-14(9-19-13)22-15(23-17)7-16(25)20-8-11-2-1-5-21-24-11/h1-6,9H,7-8H2,(H,20,25)(H,22,23). The zero-order valence-corrected chi connectivity index (χ0v) is 13.8. The van der Waals surface area contributed by atoms with Gasteiger partial charge in [-0.05, 0) is 30.3 Å². The number of rotatable bonds is 4. The number of amides is 1. The quantitative estimate of drug-likeness (QED) is 0.588. The highest BCUT2D eigenvalue weighted by Gasteiger charge is 2.11. The maximum atomic E-state index is 12.1. The molecule has 25 heavy (non-hydrogen) atoms. The molecule has 1 amide bonds. The highest BCUT2D eigenvalue weighted by atomic mass is 35.5. The Bertz CT molecular complexity index is 1060. The number of aromatic amines is 1. The van der Waals surface area contributed by atoms with Crippen LogP contribution in [0.3, 0.4) is 0 Å². The first-order chi connectivity index (χ1) is 12.2. The van der Waals surface area contributed by atoms with Crippen molar-refractivity contribution in [3.05, 3.63) is 59.3 Å². The van der Waals surface area contributed by atoms with Gasteiger partial charge in [0.05, 0.1) is 41.4 Å². The van der Waals surface area contributed by atoms with Crippen LogP contribution in [-0.4, -0.2) is 31.1 Å². The van der Waals surface area contributed by atoms with Gasteiger partial charge in [0.25, 0.3) is 0 Å². The van der Waals surface area contributed by atoms with E-state index in [4.69, 9.17) is 11.6 Å². The van der Waals surface area contributed by atoms with E-state index in [2.05, 4.69) is 30.5 Å². The predicted octanol–water partition coefficient (Wildman–Crippen LogP) is 2.41. The lowest BCUT2D eigenvalue weighted by Gasteiger charge is -2.02. The first kappa shape index (κ1) is 15.5. The Morgan fingerprint density at radius 3 is 3.04 bits per heavy atom. The molecule has 0 saturated carbocycles. The van der Waals surface area contributed by atoms with Gasteiger partial charge in [0.1, 0.15) is 5.82 Å². The van der Waals surface area contributed by atoms with E-state index < -0.39 is 0 Å². The summed E-state index contributed by atoms with van der Waals surface area (Å²) >= 11 is 6.07. The van der Waals surface area contributed by atoms with Crippen molar-refractivity contribution in [3.8, 4) is 0 Å². The molecule has 2 N–H and O–H groups in total. The second kappa shape index (κ2) is 6.45. The van der Waals surface area contributed by atoms with Crippen LogP contribution in [0.5, 0.6) is 0 Å². The molecule has 0 aliphatic carbocycles. The summed E-state index contributed by atoms with van der Waals surface area (Å²) in [5.74, 6) is 0.418. The molecule has 0 radical (unpaired) electrons. The number of benzene rings is 1. The van der Waals surface area contributed by atoms with E-state index in [1.807, 2.05) is 12.1 Å². The molecule has 3 heterocycles. The molecule has 0 bridgehead atoms. The minimum Gasteiger partial charge on any atom is -0.350 e. The maximum absolute atomic E-state index is 12.1. The molecule has 4 rings (SSSR count). The maximum Gasteiger partial charge on any atom is 0.227 e. The first-order valence-corrected chi connectivity index (χ1v) is 8.03. The van der Waals surface area contributed by atoms with Gasteiger partial charge >= 0.3 is 0 Å². The van der Waals surface area contributed by atoms with E-state index in [9.17, 15) is 4.79 Å². The minimum atomic E-state index is -0.153. The number of pyridine rings is 1. The SMILES string of the molecule is O=C(Cc1nc2c(cnc3ccc(Cl)cc32)[nH]1)NCc1cccnn1. The highest BCUT2D eigenvalue weighted by Crippen LogP contribution is 2.24. The molecule has 0 aliphatic heterocycles. The van der Waals surface area contributed by atoms with Gasteiger partial charge < -0.3 is 10.3 Å². The monoisotopic (exact) mass is 352 g/mol. The number of nitrogens with one attached hydrogen (secondary N) is 2. The zero-order chi connectivity index (χ0) is 17.2. The van der Waals surface area contributed by atoms with Crippen LogP contribution >= 0.6 is 11.6 Å². The number of hydrogen-bond donors (Lipinski definition) is 2. The number of aromatic nitrogens is 5. The van der Waals surface area contributed by atoms with Crippen molar-refractivity contribution in [2.75, 3.05) is 0 Å². The third-order valence-electron chi connectivity index (χ3n) is 3.75. The second-order valence-corrected chi connectivity index (χ2v) is 5.97. The molecule has 3 aromatic heterocycles. The van der Waals surface area contributed by atoms with Gasteiger partial charge in [-0.2, -0.15) is 10.2 Å². The van der Waals surface area contributed by atoms with Crippen LogP contribution in [0.1, 0.15) is 11.5 Å². The molecule has 0 fully saturated rings. The molecular formula is C17H13ClN6O. The third kappa shape index (κ3) is 3.27. The van der Waals surface area contributed by atoms with Crippen molar-refractivity contribution in [1.29, 1.82) is 0 Å². The first-order valence-electron chi connectivity index (χ1n) is 7.65. The van der Waals surface area contributed by atoms with E-state index in [1.54, 1.807) is 30.6 Å². The van der Waals surface area contributed by atoms with E-state index >= 15 is 0 Å². The number of halogens is 1. The normalized spacial score (nSPS) is 11.1. The number of H-pyrrole nitrogens is 1. The van der Waals surface area contributed by atoms with Crippen molar-refractivity contribution in [2.45, 2.75) is 13.0 Å². The lowest BCUT2D eigenvalue weighted by molar-refractivity contribution is -0.120. The number of fused-ring (bicyclic) bond motifs is 3. The van der Waals surface area contributed by atoms with Crippen molar-refractivity contribution < 1.29 is 4.79 Å². The molecule has 124 valence electrons. The Morgan fingerprint density at radius 2 is 2.20 bits per heavy atom. The zero-order valence-electron chi connectivity index (χ0n) is 13.0.